The van der Waals surface area contributed by atoms with Crippen LogP contribution >= 0.6 is 0 Å². The van der Waals surface area contributed by atoms with Crippen LogP contribution in [-0.2, 0) is 5.41 Å². The molecule has 5 aliphatic rings. The van der Waals surface area contributed by atoms with E-state index < -0.39 is 0 Å². The van der Waals surface area contributed by atoms with Crippen molar-refractivity contribution in [3.63, 3.8) is 0 Å². The molecule has 4 fully saturated rings. The van der Waals surface area contributed by atoms with Gasteiger partial charge in [0.05, 0.1) is 0 Å². The Morgan fingerprint density at radius 3 is 1.68 bits per heavy atom. The van der Waals surface area contributed by atoms with E-state index in [1.54, 1.807) is 12.1 Å². The monoisotopic (exact) mass is 606 g/mol. The molecule has 0 aromatic heterocycles. The van der Waals surface area contributed by atoms with Gasteiger partial charge in [-0.15, -0.1) is 0 Å². The summed E-state index contributed by atoms with van der Waals surface area (Å²) >= 11 is 0. The highest BCUT2D eigenvalue weighted by atomic mass is 19.1. The van der Waals surface area contributed by atoms with Gasteiger partial charge in [0.1, 0.15) is 5.82 Å². The van der Waals surface area contributed by atoms with Gasteiger partial charge in [-0.05, 0) is 151 Å². The number of hydrogen-bond acceptors (Lipinski definition) is 0. The van der Waals surface area contributed by atoms with E-state index in [-0.39, 0.29) is 11.2 Å². The SMILES string of the molecule is Fc1ccc2c3c(ccc2c1)-c1ccc(-c2c4ccccc4c(-c4ccccc4)c4ccccc24)cc1C31C2CC3CC(C2)CC1C3. The zero-order valence-electron chi connectivity index (χ0n) is 26.3. The second kappa shape index (κ2) is 9.41. The molecule has 0 aliphatic heterocycles. The fourth-order valence-corrected chi connectivity index (χ4v) is 11.5. The summed E-state index contributed by atoms with van der Waals surface area (Å²) in [5, 5.41) is 7.51. The Morgan fingerprint density at radius 1 is 0.468 bits per heavy atom. The maximum atomic E-state index is 14.6. The van der Waals surface area contributed by atoms with Gasteiger partial charge in [0.15, 0.2) is 0 Å². The molecule has 0 atom stereocenters. The maximum absolute atomic E-state index is 14.6. The molecule has 0 radical (unpaired) electrons. The Kier molecular flexibility index (Phi) is 5.27. The lowest BCUT2D eigenvalue weighted by Gasteiger charge is -2.61. The topological polar surface area (TPSA) is 0 Å². The third kappa shape index (κ3) is 3.42. The van der Waals surface area contributed by atoms with Gasteiger partial charge in [0.2, 0.25) is 0 Å². The minimum atomic E-state index is -0.146. The van der Waals surface area contributed by atoms with Crippen molar-refractivity contribution in [1.82, 2.24) is 0 Å². The molecule has 0 heterocycles. The van der Waals surface area contributed by atoms with Crippen molar-refractivity contribution in [3.05, 3.63) is 144 Å². The van der Waals surface area contributed by atoms with Gasteiger partial charge < -0.3 is 0 Å². The summed E-state index contributed by atoms with van der Waals surface area (Å²) < 4.78 is 14.6. The van der Waals surface area contributed by atoms with Crippen LogP contribution in [0.2, 0.25) is 0 Å². The molecule has 4 bridgehead atoms. The van der Waals surface area contributed by atoms with Crippen LogP contribution in [0.1, 0.15) is 43.2 Å². The van der Waals surface area contributed by atoms with Gasteiger partial charge in [0, 0.05) is 5.41 Å². The van der Waals surface area contributed by atoms with Gasteiger partial charge in [-0.2, -0.15) is 0 Å². The van der Waals surface area contributed by atoms with Crippen LogP contribution in [0.4, 0.5) is 4.39 Å². The molecule has 0 nitrogen and oxygen atoms in total. The molecular weight excluding hydrogens is 572 g/mol. The quantitative estimate of drug-likeness (QED) is 0.172. The number of halogens is 1. The van der Waals surface area contributed by atoms with Crippen LogP contribution in [0.25, 0.3) is 65.7 Å². The molecule has 226 valence electrons. The lowest BCUT2D eigenvalue weighted by Crippen LogP contribution is -2.55. The van der Waals surface area contributed by atoms with Crippen molar-refractivity contribution in [2.75, 3.05) is 0 Å². The average Bonchev–Trinajstić information content (AvgIpc) is 3.39. The average molecular weight is 607 g/mol. The standard InChI is InChI=1S/C46H35F/c47-34-16-19-35-30(25-34)14-18-41-36-17-15-31(26-42(36)46(45(35)41)32-21-27-20-28(23-32)24-33(46)22-27)44-39-12-6-4-10-37(39)43(29-8-2-1-3-9-29)38-11-5-7-13-40(38)44/h1-19,25-28,32-33H,20-24H2. The lowest BCUT2D eigenvalue weighted by molar-refractivity contribution is -0.0393. The van der Waals surface area contributed by atoms with E-state index in [0.29, 0.717) is 11.8 Å². The molecule has 1 spiro atoms. The Bertz CT molecular complexity index is 2350. The highest BCUT2D eigenvalue weighted by Gasteiger charge is 2.62. The number of benzene rings is 7. The number of rotatable bonds is 2. The van der Waals surface area contributed by atoms with Crippen LogP contribution in [0, 0.1) is 29.5 Å². The maximum Gasteiger partial charge on any atom is 0.123 e. The first-order valence-electron chi connectivity index (χ1n) is 17.6. The summed E-state index contributed by atoms with van der Waals surface area (Å²) in [6.45, 7) is 0. The first-order valence-corrected chi connectivity index (χ1v) is 17.6. The van der Waals surface area contributed by atoms with E-state index in [1.165, 1.54) is 104 Å². The normalized spacial score (nSPS) is 25.2. The molecule has 5 aliphatic carbocycles. The molecule has 0 amide bonds. The Balaban J connectivity index is 1.22. The van der Waals surface area contributed by atoms with Gasteiger partial charge in [0.25, 0.3) is 0 Å². The van der Waals surface area contributed by atoms with E-state index in [4.69, 9.17) is 0 Å². The highest BCUT2D eigenvalue weighted by Crippen LogP contribution is 2.70. The van der Waals surface area contributed by atoms with Gasteiger partial charge in [-0.25, -0.2) is 4.39 Å². The number of hydrogen-bond donors (Lipinski definition) is 0. The molecule has 7 aromatic rings. The zero-order valence-corrected chi connectivity index (χ0v) is 26.3. The van der Waals surface area contributed by atoms with E-state index in [0.717, 1.165) is 17.2 Å². The first-order chi connectivity index (χ1) is 23.2. The molecule has 1 heteroatoms. The van der Waals surface area contributed by atoms with Crippen LogP contribution in [0.5, 0.6) is 0 Å². The third-order valence-electron chi connectivity index (χ3n) is 12.9. The molecule has 47 heavy (non-hydrogen) atoms. The zero-order chi connectivity index (χ0) is 30.9. The molecule has 7 aromatic carbocycles. The van der Waals surface area contributed by atoms with E-state index in [9.17, 15) is 4.39 Å². The smallest absolute Gasteiger partial charge is 0.123 e. The Labute approximate surface area is 274 Å². The van der Waals surface area contributed by atoms with Crippen LogP contribution in [0.15, 0.2) is 127 Å². The van der Waals surface area contributed by atoms with Gasteiger partial charge in [-0.1, -0.05) is 109 Å². The van der Waals surface area contributed by atoms with E-state index in [2.05, 4.69) is 115 Å². The lowest BCUT2D eigenvalue weighted by atomic mass is 9.43. The molecule has 0 N–H and O–H groups in total. The fourth-order valence-electron chi connectivity index (χ4n) is 11.5. The fraction of sp³-hybridized carbons (Fsp3) is 0.217. The summed E-state index contributed by atoms with van der Waals surface area (Å²) in [5.74, 6) is 2.86. The van der Waals surface area contributed by atoms with Crippen molar-refractivity contribution in [3.8, 4) is 33.4 Å². The second-order valence-electron chi connectivity index (χ2n) is 15.0. The third-order valence-corrected chi connectivity index (χ3v) is 12.9. The van der Waals surface area contributed by atoms with Crippen molar-refractivity contribution in [1.29, 1.82) is 0 Å². The van der Waals surface area contributed by atoms with Crippen molar-refractivity contribution in [2.24, 2.45) is 23.7 Å². The molecule has 0 saturated heterocycles. The van der Waals surface area contributed by atoms with Crippen molar-refractivity contribution in [2.45, 2.75) is 37.5 Å². The molecule has 12 rings (SSSR count). The Morgan fingerprint density at radius 2 is 1.04 bits per heavy atom. The minimum absolute atomic E-state index is 0.0129. The van der Waals surface area contributed by atoms with Crippen LogP contribution in [-0.4, -0.2) is 0 Å². The van der Waals surface area contributed by atoms with E-state index in [1.807, 2.05) is 0 Å². The van der Waals surface area contributed by atoms with Crippen LogP contribution < -0.4 is 0 Å². The van der Waals surface area contributed by atoms with Crippen molar-refractivity contribution < 1.29 is 4.39 Å². The van der Waals surface area contributed by atoms with Crippen LogP contribution in [0.3, 0.4) is 0 Å². The Hall–Kier alpha value is -4.75. The predicted molar refractivity (Wildman–Crippen MR) is 193 cm³/mol. The summed E-state index contributed by atoms with van der Waals surface area (Å²) in [6.07, 6.45) is 6.72. The van der Waals surface area contributed by atoms with Gasteiger partial charge >= 0.3 is 0 Å². The molecule has 0 unspecified atom stereocenters. The highest BCUT2D eigenvalue weighted by molar-refractivity contribution is 6.21. The summed E-state index contributed by atoms with van der Waals surface area (Å²) in [5.41, 5.74) is 11.0. The number of fused-ring (bicyclic) bond motifs is 7. The molecule has 4 saturated carbocycles. The first kappa shape index (κ1) is 26.3. The second-order valence-corrected chi connectivity index (χ2v) is 15.0. The summed E-state index contributed by atoms with van der Waals surface area (Å²) in [4.78, 5) is 0. The van der Waals surface area contributed by atoms with E-state index >= 15 is 0 Å². The molecular formula is C46H35F. The summed E-state index contributed by atoms with van der Waals surface area (Å²) in [7, 11) is 0. The van der Waals surface area contributed by atoms with Gasteiger partial charge in [-0.3, -0.25) is 0 Å². The minimum Gasteiger partial charge on any atom is -0.207 e. The largest absolute Gasteiger partial charge is 0.207 e. The van der Waals surface area contributed by atoms with Crippen molar-refractivity contribution >= 4 is 32.3 Å². The summed E-state index contributed by atoms with van der Waals surface area (Å²) in [6, 6.07) is 46.4. The predicted octanol–water partition coefficient (Wildman–Crippen LogP) is 12.3.